The van der Waals surface area contributed by atoms with E-state index >= 15 is 0 Å². The van der Waals surface area contributed by atoms with Crippen LogP contribution < -0.4 is 5.32 Å². The Morgan fingerprint density at radius 1 is 1.06 bits per heavy atom. The molecular formula is C28H27N3O2S. The molecule has 6 heteroatoms. The van der Waals surface area contributed by atoms with Crippen molar-refractivity contribution >= 4 is 17.6 Å². The molecule has 2 aliphatic rings. The van der Waals surface area contributed by atoms with Crippen LogP contribution in [0.15, 0.2) is 51.7 Å². The van der Waals surface area contributed by atoms with Crippen molar-refractivity contribution in [2.24, 2.45) is 5.92 Å². The molecule has 172 valence electrons. The van der Waals surface area contributed by atoms with E-state index in [9.17, 15) is 4.79 Å². The molecule has 5 nitrogen and oxygen atoms in total. The minimum Gasteiger partial charge on any atom is -0.334 e. The second kappa shape index (κ2) is 8.60. The quantitative estimate of drug-likeness (QED) is 0.336. The number of aryl methyl sites for hydroxylation is 3. The van der Waals surface area contributed by atoms with Gasteiger partial charge < -0.3 is 14.6 Å². The fourth-order valence-corrected chi connectivity index (χ4v) is 6.18. The number of hydrogen-bond donors (Lipinski definition) is 1. The molecule has 0 amide bonds. The Morgan fingerprint density at radius 3 is 2.62 bits per heavy atom. The molecule has 2 aromatic heterocycles. The van der Waals surface area contributed by atoms with Gasteiger partial charge in [-0.25, -0.2) is 0 Å². The number of carbonyl (C=O) groups is 1. The molecule has 1 fully saturated rings. The molecule has 1 unspecified atom stereocenters. The lowest BCUT2D eigenvalue weighted by molar-refractivity contribution is -0.113. The van der Waals surface area contributed by atoms with Crippen LogP contribution in [0.25, 0.3) is 34.0 Å². The highest BCUT2D eigenvalue weighted by molar-refractivity contribution is 7.08. The molecule has 0 spiro atoms. The summed E-state index contributed by atoms with van der Waals surface area (Å²) in [5.41, 5.74) is 9.58. The van der Waals surface area contributed by atoms with Gasteiger partial charge in [-0.05, 0) is 108 Å². The van der Waals surface area contributed by atoms with E-state index in [0.29, 0.717) is 23.8 Å². The molecule has 1 atom stereocenters. The number of nitrogens with one attached hydrogen (secondary N) is 1. The first-order chi connectivity index (χ1) is 16.6. The topological polar surface area (TPSA) is 68.0 Å². The van der Waals surface area contributed by atoms with Crippen molar-refractivity contribution in [1.82, 2.24) is 15.5 Å². The van der Waals surface area contributed by atoms with Crippen LogP contribution in [0.4, 0.5) is 0 Å². The normalized spacial score (nSPS) is 21.3. The van der Waals surface area contributed by atoms with E-state index in [1.54, 1.807) is 11.3 Å². The zero-order valence-corrected chi connectivity index (χ0v) is 20.2. The molecular weight excluding hydrogens is 442 g/mol. The van der Waals surface area contributed by atoms with Gasteiger partial charge in [0.05, 0.1) is 0 Å². The Morgan fingerprint density at radius 2 is 1.88 bits per heavy atom. The number of aldehydes is 1. The van der Waals surface area contributed by atoms with E-state index in [-0.39, 0.29) is 5.92 Å². The summed E-state index contributed by atoms with van der Waals surface area (Å²) in [5.74, 6) is 1.42. The van der Waals surface area contributed by atoms with Gasteiger partial charge in [-0.1, -0.05) is 17.3 Å². The summed E-state index contributed by atoms with van der Waals surface area (Å²) in [7, 11) is 0. The Hall–Kier alpha value is -3.09. The first-order valence-electron chi connectivity index (χ1n) is 11.9. The van der Waals surface area contributed by atoms with Gasteiger partial charge in [-0.15, -0.1) is 0 Å². The fraction of sp³-hybridized carbons (Fsp3) is 0.321. The molecule has 34 heavy (non-hydrogen) atoms. The maximum Gasteiger partial charge on any atom is 0.258 e. The molecule has 1 N–H and O–H groups in total. The van der Waals surface area contributed by atoms with Gasteiger partial charge in [-0.3, -0.25) is 0 Å². The van der Waals surface area contributed by atoms with Gasteiger partial charge in [0.25, 0.3) is 5.89 Å². The molecule has 1 saturated carbocycles. The van der Waals surface area contributed by atoms with Gasteiger partial charge in [0.1, 0.15) is 6.29 Å². The molecule has 2 aromatic carbocycles. The van der Waals surface area contributed by atoms with Gasteiger partial charge >= 0.3 is 0 Å². The highest BCUT2D eigenvalue weighted by Crippen LogP contribution is 2.37. The van der Waals surface area contributed by atoms with Crippen LogP contribution in [0.2, 0.25) is 0 Å². The maximum atomic E-state index is 10.9. The third kappa shape index (κ3) is 3.81. The van der Waals surface area contributed by atoms with E-state index in [1.807, 2.05) is 0 Å². The number of benzene rings is 2. The summed E-state index contributed by atoms with van der Waals surface area (Å²) in [6.45, 7) is 4.27. The number of nitrogens with zero attached hydrogens (tertiary/aromatic N) is 2. The molecule has 0 aliphatic heterocycles. The van der Waals surface area contributed by atoms with Crippen molar-refractivity contribution in [2.75, 3.05) is 0 Å². The van der Waals surface area contributed by atoms with Crippen LogP contribution in [0.1, 0.15) is 47.6 Å². The molecule has 6 rings (SSSR count). The lowest BCUT2D eigenvalue weighted by atomic mass is 9.81. The van der Waals surface area contributed by atoms with Crippen molar-refractivity contribution in [3.05, 3.63) is 69.4 Å². The van der Waals surface area contributed by atoms with E-state index in [4.69, 9.17) is 9.51 Å². The molecule has 0 radical (unpaired) electrons. The Balaban J connectivity index is 1.22. The lowest BCUT2D eigenvalue weighted by Gasteiger charge is -2.35. The highest BCUT2D eigenvalue weighted by atomic mass is 32.1. The number of carbonyl (C=O) groups excluding carboxylic acids is 1. The minimum absolute atomic E-state index is 0.243. The number of fused-ring (bicyclic) bond motifs is 1. The van der Waals surface area contributed by atoms with E-state index in [1.165, 1.54) is 33.4 Å². The zero-order valence-electron chi connectivity index (χ0n) is 19.4. The summed E-state index contributed by atoms with van der Waals surface area (Å²) in [4.78, 5) is 15.6. The van der Waals surface area contributed by atoms with Crippen LogP contribution in [0.3, 0.4) is 0 Å². The SMILES string of the molecule is Cc1cc(-c2nc(-c3ccc4c(c3)CCC4N[C@H]3C[C@H](C=O)C3)no2)cc(C)c1-c1ccsc1. The summed E-state index contributed by atoms with van der Waals surface area (Å²) in [6.07, 6.45) is 5.15. The average Bonchev–Trinajstić information content (AvgIpc) is 3.56. The Labute approximate surface area is 203 Å². The smallest absolute Gasteiger partial charge is 0.258 e. The van der Waals surface area contributed by atoms with Crippen LogP contribution in [-0.2, 0) is 11.2 Å². The minimum atomic E-state index is 0.243. The predicted molar refractivity (Wildman–Crippen MR) is 135 cm³/mol. The van der Waals surface area contributed by atoms with Gasteiger partial charge in [0.15, 0.2) is 0 Å². The summed E-state index contributed by atoms with van der Waals surface area (Å²) in [5, 5.41) is 12.3. The van der Waals surface area contributed by atoms with Crippen LogP contribution in [0.5, 0.6) is 0 Å². The third-order valence-corrected chi connectivity index (χ3v) is 7.98. The van der Waals surface area contributed by atoms with Gasteiger partial charge in [-0.2, -0.15) is 16.3 Å². The predicted octanol–water partition coefficient (Wildman–Crippen LogP) is 6.30. The average molecular weight is 470 g/mol. The van der Waals surface area contributed by atoms with Crippen molar-refractivity contribution in [3.63, 3.8) is 0 Å². The van der Waals surface area contributed by atoms with Crippen molar-refractivity contribution in [3.8, 4) is 34.0 Å². The number of thiophene rings is 1. The summed E-state index contributed by atoms with van der Waals surface area (Å²) in [6, 6.07) is 13.8. The van der Waals surface area contributed by atoms with E-state index in [0.717, 1.165) is 43.1 Å². The van der Waals surface area contributed by atoms with E-state index < -0.39 is 0 Å². The molecule has 4 aromatic rings. The Kier molecular flexibility index (Phi) is 5.42. The largest absolute Gasteiger partial charge is 0.334 e. The second-order valence-electron chi connectivity index (χ2n) is 9.66. The zero-order chi connectivity index (χ0) is 23.2. The van der Waals surface area contributed by atoms with Crippen molar-refractivity contribution in [1.29, 1.82) is 0 Å². The standard InChI is InChI=1S/C28H27N3O2S/c1-16-9-22(10-17(2)26(16)21-7-8-34-15-21)28-30-27(31-33-28)20-3-5-24-19(13-20)4-6-25(24)29-23-11-18(12-23)14-32/h3,5,7-10,13-15,18,23,25,29H,4,6,11-12H2,1-2H3/t18-,23-,25?. The summed E-state index contributed by atoms with van der Waals surface area (Å²) < 4.78 is 5.68. The van der Waals surface area contributed by atoms with Crippen LogP contribution >= 0.6 is 11.3 Å². The van der Waals surface area contributed by atoms with Gasteiger partial charge in [0.2, 0.25) is 5.82 Å². The van der Waals surface area contributed by atoms with Crippen molar-refractivity contribution < 1.29 is 9.32 Å². The first kappa shape index (κ1) is 21.4. The molecule has 0 saturated heterocycles. The van der Waals surface area contributed by atoms with Crippen LogP contribution in [-0.4, -0.2) is 22.5 Å². The number of hydrogen-bond acceptors (Lipinski definition) is 6. The Bertz CT molecular complexity index is 1330. The molecule has 2 aliphatic carbocycles. The van der Waals surface area contributed by atoms with Gasteiger partial charge in [0, 0.05) is 29.1 Å². The third-order valence-electron chi connectivity index (χ3n) is 7.30. The second-order valence-corrected chi connectivity index (χ2v) is 10.4. The lowest BCUT2D eigenvalue weighted by Crippen LogP contribution is -2.43. The summed E-state index contributed by atoms with van der Waals surface area (Å²) >= 11 is 1.71. The van der Waals surface area contributed by atoms with E-state index in [2.05, 4.69) is 71.5 Å². The fourth-order valence-electron chi connectivity index (χ4n) is 5.53. The number of aromatic nitrogens is 2. The highest BCUT2D eigenvalue weighted by Gasteiger charge is 2.32. The van der Waals surface area contributed by atoms with Crippen molar-refractivity contribution in [2.45, 2.75) is 51.6 Å². The first-order valence-corrected chi connectivity index (χ1v) is 12.9. The number of rotatable bonds is 6. The molecule has 2 heterocycles. The monoisotopic (exact) mass is 469 g/mol. The van der Waals surface area contributed by atoms with Crippen LogP contribution in [0, 0.1) is 19.8 Å². The molecule has 0 bridgehead atoms. The maximum absolute atomic E-state index is 10.9.